The summed E-state index contributed by atoms with van der Waals surface area (Å²) in [6, 6.07) is -0.408. The van der Waals surface area contributed by atoms with Crippen LogP contribution < -0.4 is 5.32 Å². The third-order valence-electron chi connectivity index (χ3n) is 12.1. The molecule has 4 N–H and O–H groups in total. The van der Waals surface area contributed by atoms with Crippen molar-refractivity contribution in [2.75, 3.05) is 13.7 Å². The van der Waals surface area contributed by atoms with Crippen molar-refractivity contribution in [3.63, 3.8) is 0 Å². The number of hydrogen-bond donors (Lipinski definition) is 4. The summed E-state index contributed by atoms with van der Waals surface area (Å²) >= 11 is 0. The number of carbonyl (C=O) groups is 2. The van der Waals surface area contributed by atoms with Crippen molar-refractivity contribution < 1.29 is 39.4 Å². The van der Waals surface area contributed by atoms with Gasteiger partial charge in [0.05, 0.1) is 25.4 Å². The van der Waals surface area contributed by atoms with Gasteiger partial charge < -0.3 is 25.0 Å². The molecule has 9 heteroatoms. The first-order chi connectivity index (χ1) is 17.9. The zero-order chi connectivity index (χ0) is 29.5. The molecule has 4 rings (SSSR count). The Kier molecular flexibility index (Phi) is 7.64. The van der Waals surface area contributed by atoms with Crippen molar-refractivity contribution >= 4 is 11.9 Å². The molecular formula is C30H49NO8. The second-order valence-electron chi connectivity index (χ2n) is 13.9. The van der Waals surface area contributed by atoms with E-state index in [9.17, 15) is 25.1 Å². The molecule has 222 valence electrons. The molecule has 2 saturated carbocycles. The molecule has 3 aliphatic carbocycles. The molecule has 0 spiro atoms. The molecule has 1 aliphatic heterocycles. The maximum Gasteiger partial charge on any atom is 0.407 e. The minimum Gasteiger partial charge on any atom is -0.453 e. The van der Waals surface area contributed by atoms with Gasteiger partial charge in [0.2, 0.25) is 0 Å². The monoisotopic (exact) mass is 551 g/mol. The van der Waals surface area contributed by atoms with Crippen molar-refractivity contribution in [3.05, 3.63) is 11.1 Å². The van der Waals surface area contributed by atoms with Gasteiger partial charge in [0.15, 0.2) is 0 Å². The summed E-state index contributed by atoms with van der Waals surface area (Å²) in [7, 11) is 1.29. The molecule has 0 aromatic heterocycles. The molecule has 3 fully saturated rings. The van der Waals surface area contributed by atoms with Gasteiger partial charge in [0, 0.05) is 40.5 Å². The number of aliphatic hydroxyl groups is 2. The first kappa shape index (κ1) is 30.4. The number of nitrogens with one attached hydrogen (secondary N) is 1. The summed E-state index contributed by atoms with van der Waals surface area (Å²) in [6.45, 7) is 17.7. The fraction of sp³-hybridized carbons (Fsp3) is 0.867. The predicted octanol–water partition coefficient (Wildman–Crippen LogP) is 3.97. The molecule has 9 nitrogen and oxygen atoms in total. The standard InChI is InChI=1S/C30H49NO8/c1-14-11-21-29(34,13-38-21)24-18(5)30(35)12-20(23(39-36)15(2)19(6)31-26(33)37-10)16(3)22(27(30,7)8)17(4)25(32)28(14,24)9/h14-15,17-21,23-24,34-36H,11-13H2,1-10H3,(H,31,33)/t14-,15?,17+,18?,19?,20?,21?,23-,24?,28+,29?,30?/m0/s1. The van der Waals surface area contributed by atoms with E-state index < -0.39 is 63.9 Å². The van der Waals surface area contributed by atoms with Crippen molar-refractivity contribution in [1.29, 1.82) is 0 Å². The van der Waals surface area contributed by atoms with Gasteiger partial charge in [-0.15, -0.1) is 0 Å². The van der Waals surface area contributed by atoms with E-state index in [1.165, 1.54) is 7.11 Å². The molecular weight excluding hydrogens is 502 g/mol. The van der Waals surface area contributed by atoms with Crippen molar-refractivity contribution in [2.45, 2.75) is 105 Å². The number of Topliss-reactive ketones (excluding diaryl/α,β-unsaturated/α-hetero) is 1. The van der Waals surface area contributed by atoms with Crippen LogP contribution in [0.5, 0.6) is 0 Å². The first-order valence-electron chi connectivity index (χ1n) is 14.4. The highest BCUT2D eigenvalue weighted by Crippen LogP contribution is 2.67. The Bertz CT molecular complexity index is 1040. The molecule has 8 unspecified atom stereocenters. The summed E-state index contributed by atoms with van der Waals surface area (Å²) in [6.07, 6.45) is -0.861. The van der Waals surface area contributed by atoms with E-state index in [2.05, 4.69) is 12.2 Å². The third-order valence-corrected chi connectivity index (χ3v) is 12.1. The zero-order valence-electron chi connectivity index (χ0n) is 25.2. The molecule has 2 bridgehead atoms. The molecule has 39 heavy (non-hydrogen) atoms. The maximum atomic E-state index is 14.6. The van der Waals surface area contributed by atoms with E-state index in [0.29, 0.717) is 6.42 Å². The minimum atomic E-state index is -1.34. The average molecular weight is 552 g/mol. The summed E-state index contributed by atoms with van der Waals surface area (Å²) < 4.78 is 10.6. The number of ether oxygens (including phenoxy) is 2. The van der Waals surface area contributed by atoms with Crippen LogP contribution in [0.1, 0.15) is 75.2 Å². The van der Waals surface area contributed by atoms with Crippen molar-refractivity contribution in [2.24, 2.45) is 46.3 Å². The lowest BCUT2D eigenvalue weighted by atomic mass is 9.40. The summed E-state index contributed by atoms with van der Waals surface area (Å²) in [5, 5.41) is 37.9. The second-order valence-corrected chi connectivity index (χ2v) is 13.9. The van der Waals surface area contributed by atoms with Crippen LogP contribution in [-0.2, 0) is 19.2 Å². The predicted molar refractivity (Wildman–Crippen MR) is 145 cm³/mol. The fourth-order valence-corrected chi connectivity index (χ4v) is 9.41. The van der Waals surface area contributed by atoms with Crippen LogP contribution in [0.2, 0.25) is 0 Å². The lowest BCUT2D eigenvalue weighted by Crippen LogP contribution is -2.77. The maximum absolute atomic E-state index is 14.6. The van der Waals surface area contributed by atoms with Gasteiger partial charge in [-0.25, -0.2) is 9.68 Å². The molecule has 1 saturated heterocycles. The number of hydrogen-bond acceptors (Lipinski definition) is 8. The van der Waals surface area contributed by atoms with E-state index in [1.54, 1.807) is 0 Å². The van der Waals surface area contributed by atoms with E-state index >= 15 is 0 Å². The highest BCUT2D eigenvalue weighted by Gasteiger charge is 2.73. The van der Waals surface area contributed by atoms with Crippen LogP contribution in [0, 0.1) is 46.3 Å². The second kappa shape index (κ2) is 9.79. The Morgan fingerprint density at radius 3 is 2.28 bits per heavy atom. The Hall–Kier alpha value is -1.52. The smallest absolute Gasteiger partial charge is 0.407 e. The quantitative estimate of drug-likeness (QED) is 0.229. The van der Waals surface area contributed by atoms with Crippen LogP contribution in [0.25, 0.3) is 0 Å². The molecule has 12 atom stereocenters. The van der Waals surface area contributed by atoms with Crippen LogP contribution >= 0.6 is 0 Å². The van der Waals surface area contributed by atoms with E-state index in [4.69, 9.17) is 14.4 Å². The molecule has 0 aromatic carbocycles. The van der Waals surface area contributed by atoms with Gasteiger partial charge in [0.1, 0.15) is 17.5 Å². The highest BCUT2D eigenvalue weighted by molar-refractivity contribution is 5.90. The van der Waals surface area contributed by atoms with E-state index in [1.807, 2.05) is 55.4 Å². The fourth-order valence-electron chi connectivity index (χ4n) is 9.41. The summed E-state index contributed by atoms with van der Waals surface area (Å²) in [5.41, 5.74) is -2.40. The lowest BCUT2D eigenvalue weighted by molar-refractivity contribution is -0.332. The van der Waals surface area contributed by atoms with Gasteiger partial charge in [-0.3, -0.25) is 10.1 Å². The zero-order valence-corrected chi connectivity index (χ0v) is 25.2. The summed E-state index contributed by atoms with van der Waals surface area (Å²) in [4.78, 5) is 31.6. The largest absolute Gasteiger partial charge is 0.453 e. The van der Waals surface area contributed by atoms with Gasteiger partial charge in [-0.1, -0.05) is 59.6 Å². The molecule has 0 aromatic rings. The van der Waals surface area contributed by atoms with Gasteiger partial charge in [-0.05, 0) is 38.5 Å². The summed E-state index contributed by atoms with van der Waals surface area (Å²) in [5.74, 6) is -2.27. The van der Waals surface area contributed by atoms with E-state index in [-0.39, 0.29) is 36.8 Å². The Morgan fingerprint density at radius 1 is 1.15 bits per heavy atom. The van der Waals surface area contributed by atoms with Crippen molar-refractivity contribution in [1.82, 2.24) is 5.32 Å². The number of amides is 1. The SMILES string of the molecule is COC(=O)NC(C)C(C)[C@H](OO)C1CC2(O)C(C)C3C4(O)COC4C[C@H](C)[C@@]3(C)C(=O)[C@H](C)C(=C1C)C2(C)C. The number of methoxy groups -OCH3 is 1. The van der Waals surface area contributed by atoms with E-state index in [0.717, 1.165) is 11.1 Å². The third kappa shape index (κ3) is 3.97. The number of fused-ring (bicyclic) bond motifs is 5. The number of ketones is 1. The minimum absolute atomic E-state index is 0.0356. The number of rotatable bonds is 5. The Balaban J connectivity index is 1.89. The van der Waals surface area contributed by atoms with Crippen LogP contribution in [0.15, 0.2) is 11.1 Å². The lowest BCUT2D eigenvalue weighted by Gasteiger charge is -2.68. The number of carbonyl (C=O) groups excluding carboxylic acids is 2. The van der Waals surface area contributed by atoms with Crippen molar-refractivity contribution in [3.8, 4) is 0 Å². The van der Waals surface area contributed by atoms with Crippen LogP contribution in [0.3, 0.4) is 0 Å². The van der Waals surface area contributed by atoms with Gasteiger partial charge in [0.25, 0.3) is 0 Å². The molecule has 1 heterocycles. The Labute approximate surface area is 232 Å². The molecule has 1 amide bonds. The number of alkyl carbamates (subject to hydrolysis) is 1. The first-order valence-corrected chi connectivity index (χ1v) is 14.4. The topological polar surface area (TPSA) is 135 Å². The molecule has 0 radical (unpaired) electrons. The Morgan fingerprint density at radius 2 is 1.77 bits per heavy atom. The van der Waals surface area contributed by atoms with Crippen LogP contribution in [-0.4, -0.2) is 70.5 Å². The molecule has 4 aliphatic rings. The van der Waals surface area contributed by atoms with Gasteiger partial charge >= 0.3 is 6.09 Å². The highest BCUT2D eigenvalue weighted by atomic mass is 17.1. The van der Waals surface area contributed by atoms with Crippen LogP contribution in [0.4, 0.5) is 4.79 Å². The van der Waals surface area contributed by atoms with Gasteiger partial charge in [-0.2, -0.15) is 0 Å². The normalized spacial score (nSPS) is 45.5. The average Bonchev–Trinajstić information content (AvgIpc) is 2.87.